The summed E-state index contributed by atoms with van der Waals surface area (Å²) >= 11 is 1.53. The van der Waals surface area contributed by atoms with Gasteiger partial charge in [0.2, 0.25) is 0 Å². The number of aromatic nitrogens is 1. The number of anilines is 1. The zero-order valence-electron chi connectivity index (χ0n) is 13.0. The van der Waals surface area contributed by atoms with Crippen molar-refractivity contribution in [3.05, 3.63) is 11.1 Å². The van der Waals surface area contributed by atoms with Gasteiger partial charge in [-0.25, -0.2) is 4.98 Å². The molecule has 1 atom stereocenters. The van der Waals surface area contributed by atoms with Crippen molar-refractivity contribution >= 4 is 22.4 Å². The number of hydrogen-bond acceptors (Lipinski definition) is 6. The molecule has 0 saturated carbocycles. The van der Waals surface area contributed by atoms with Crippen LogP contribution in [-0.2, 0) is 16.0 Å². The zero-order valence-corrected chi connectivity index (χ0v) is 13.8. The minimum Gasteiger partial charge on any atom is -0.466 e. The summed E-state index contributed by atoms with van der Waals surface area (Å²) in [6.45, 7) is 7.54. The topological polar surface area (TPSA) is 54.5 Å². The van der Waals surface area contributed by atoms with Gasteiger partial charge in [-0.2, -0.15) is 0 Å². The first-order valence-corrected chi connectivity index (χ1v) is 7.81. The molecule has 114 valence electrons. The molecule has 0 aliphatic carbocycles. The highest BCUT2D eigenvalue weighted by molar-refractivity contribution is 7.13. The largest absolute Gasteiger partial charge is 0.466 e. The minimum absolute atomic E-state index is 0.224. The molecule has 0 aromatic carbocycles. The molecule has 1 heterocycles. The van der Waals surface area contributed by atoms with Gasteiger partial charge in [0.1, 0.15) is 0 Å². The smallest absolute Gasteiger partial charge is 0.311 e. The van der Waals surface area contributed by atoms with Crippen molar-refractivity contribution in [2.24, 2.45) is 5.92 Å². The lowest BCUT2D eigenvalue weighted by molar-refractivity contribution is -0.142. The van der Waals surface area contributed by atoms with Crippen molar-refractivity contribution in [3.8, 4) is 0 Å². The fourth-order valence-electron chi connectivity index (χ4n) is 1.79. The first-order chi connectivity index (χ1) is 9.42. The van der Waals surface area contributed by atoms with Crippen LogP contribution in [0, 0.1) is 5.92 Å². The Morgan fingerprint density at radius 1 is 1.50 bits per heavy atom. The van der Waals surface area contributed by atoms with E-state index in [9.17, 15) is 4.79 Å². The van der Waals surface area contributed by atoms with Gasteiger partial charge in [-0.05, 0) is 26.9 Å². The fraction of sp³-hybridized carbons (Fsp3) is 0.714. The molecule has 1 aromatic rings. The Labute approximate surface area is 125 Å². The molecule has 1 unspecified atom stereocenters. The molecule has 1 N–H and O–H groups in total. The third-order valence-electron chi connectivity index (χ3n) is 2.86. The van der Waals surface area contributed by atoms with E-state index in [4.69, 9.17) is 4.74 Å². The Kier molecular flexibility index (Phi) is 6.95. The van der Waals surface area contributed by atoms with E-state index in [0.29, 0.717) is 18.6 Å². The maximum atomic E-state index is 11.4. The van der Waals surface area contributed by atoms with Crippen LogP contribution in [0.25, 0.3) is 0 Å². The lowest BCUT2D eigenvalue weighted by Gasteiger charge is -2.25. The van der Waals surface area contributed by atoms with Gasteiger partial charge in [0, 0.05) is 18.0 Å². The second-order valence-corrected chi connectivity index (χ2v) is 6.24. The van der Waals surface area contributed by atoms with Gasteiger partial charge in [0.15, 0.2) is 5.13 Å². The van der Waals surface area contributed by atoms with Gasteiger partial charge in [-0.3, -0.25) is 4.79 Å². The Bertz CT molecular complexity index is 418. The van der Waals surface area contributed by atoms with Crippen LogP contribution in [0.4, 0.5) is 5.13 Å². The van der Waals surface area contributed by atoms with E-state index in [1.54, 1.807) is 6.92 Å². The Balaban J connectivity index is 2.59. The number of carbonyl (C=O) groups is 1. The number of thiazole rings is 1. The van der Waals surface area contributed by atoms with Crippen molar-refractivity contribution < 1.29 is 9.53 Å². The summed E-state index contributed by atoms with van der Waals surface area (Å²) in [6, 6.07) is 0.339. The van der Waals surface area contributed by atoms with E-state index in [2.05, 4.69) is 43.1 Å². The summed E-state index contributed by atoms with van der Waals surface area (Å²) in [5, 5.41) is 6.22. The van der Waals surface area contributed by atoms with Gasteiger partial charge >= 0.3 is 5.97 Å². The van der Waals surface area contributed by atoms with Gasteiger partial charge in [0.25, 0.3) is 0 Å². The normalized spacial score (nSPS) is 12.8. The molecular weight excluding hydrogens is 274 g/mol. The quantitative estimate of drug-likeness (QED) is 0.746. The van der Waals surface area contributed by atoms with Gasteiger partial charge in [-0.1, -0.05) is 13.8 Å². The lowest BCUT2D eigenvalue weighted by atomic mass is 10.0. The van der Waals surface area contributed by atoms with Gasteiger partial charge in [0.05, 0.1) is 18.7 Å². The average Bonchev–Trinajstić information content (AvgIpc) is 2.75. The summed E-state index contributed by atoms with van der Waals surface area (Å²) in [5.41, 5.74) is 0.767. The summed E-state index contributed by atoms with van der Waals surface area (Å²) in [4.78, 5) is 18.0. The van der Waals surface area contributed by atoms with Crippen molar-refractivity contribution in [1.29, 1.82) is 0 Å². The maximum Gasteiger partial charge on any atom is 0.311 e. The summed E-state index contributed by atoms with van der Waals surface area (Å²) in [6.07, 6.45) is 0.242. The van der Waals surface area contributed by atoms with Gasteiger partial charge in [-0.15, -0.1) is 11.3 Å². The van der Waals surface area contributed by atoms with Crippen LogP contribution in [0.3, 0.4) is 0 Å². The molecule has 5 nitrogen and oxygen atoms in total. The highest BCUT2D eigenvalue weighted by Crippen LogP contribution is 2.19. The molecule has 6 heteroatoms. The van der Waals surface area contributed by atoms with E-state index >= 15 is 0 Å². The third kappa shape index (κ3) is 5.88. The molecule has 0 aliphatic heterocycles. The SMILES string of the molecule is CCOC(=O)Cc1csc(NC(CN(C)C)C(C)C)n1. The fourth-order valence-corrected chi connectivity index (χ4v) is 2.56. The molecule has 0 saturated heterocycles. The van der Waals surface area contributed by atoms with Crippen LogP contribution >= 0.6 is 11.3 Å². The number of ether oxygens (including phenoxy) is 1. The van der Waals surface area contributed by atoms with Crippen molar-refractivity contribution in [1.82, 2.24) is 9.88 Å². The Morgan fingerprint density at radius 3 is 2.75 bits per heavy atom. The van der Waals surface area contributed by atoms with E-state index in [0.717, 1.165) is 17.4 Å². The van der Waals surface area contributed by atoms with Crippen LogP contribution in [0.15, 0.2) is 5.38 Å². The molecule has 0 spiro atoms. The number of rotatable bonds is 8. The first-order valence-electron chi connectivity index (χ1n) is 6.93. The molecule has 0 amide bonds. The standard InChI is InChI=1S/C14H25N3O2S/c1-6-19-13(18)7-11-9-20-14(15-11)16-12(10(2)3)8-17(4)5/h9-10,12H,6-8H2,1-5H3,(H,15,16). The van der Waals surface area contributed by atoms with Crippen molar-refractivity contribution in [2.45, 2.75) is 33.2 Å². The average molecular weight is 299 g/mol. The number of nitrogens with zero attached hydrogens (tertiary/aromatic N) is 2. The van der Waals surface area contributed by atoms with Crippen molar-refractivity contribution in [2.75, 3.05) is 32.6 Å². The van der Waals surface area contributed by atoms with E-state index < -0.39 is 0 Å². The van der Waals surface area contributed by atoms with Gasteiger partial charge < -0.3 is 15.0 Å². The number of carbonyl (C=O) groups excluding carboxylic acids is 1. The highest BCUT2D eigenvalue weighted by Gasteiger charge is 2.16. The first kappa shape index (κ1) is 16.9. The lowest BCUT2D eigenvalue weighted by Crippen LogP contribution is -2.36. The second-order valence-electron chi connectivity index (χ2n) is 5.38. The minimum atomic E-state index is -0.224. The Hall–Kier alpha value is -1.14. The van der Waals surface area contributed by atoms with Crippen LogP contribution in [-0.4, -0.2) is 49.1 Å². The van der Waals surface area contributed by atoms with Crippen LogP contribution in [0.5, 0.6) is 0 Å². The number of nitrogens with one attached hydrogen (secondary N) is 1. The number of hydrogen-bond donors (Lipinski definition) is 1. The maximum absolute atomic E-state index is 11.4. The second kappa shape index (κ2) is 8.21. The zero-order chi connectivity index (χ0) is 15.1. The number of esters is 1. The van der Waals surface area contributed by atoms with E-state index in [1.165, 1.54) is 11.3 Å². The molecular formula is C14H25N3O2S. The molecule has 1 rings (SSSR count). The van der Waals surface area contributed by atoms with Crippen molar-refractivity contribution in [3.63, 3.8) is 0 Å². The molecule has 0 bridgehead atoms. The molecule has 0 aliphatic rings. The predicted octanol–water partition coefficient (Wildman–Crippen LogP) is 2.25. The van der Waals surface area contributed by atoms with E-state index in [-0.39, 0.29) is 12.4 Å². The predicted molar refractivity (Wildman–Crippen MR) is 83.3 cm³/mol. The number of likely N-dealkylation sites (N-methyl/N-ethyl adjacent to an activating group) is 1. The molecule has 0 radical (unpaired) electrons. The van der Waals surface area contributed by atoms with Crippen LogP contribution in [0.1, 0.15) is 26.5 Å². The monoisotopic (exact) mass is 299 g/mol. The third-order valence-corrected chi connectivity index (χ3v) is 3.68. The molecule has 1 aromatic heterocycles. The summed E-state index contributed by atoms with van der Waals surface area (Å²) in [5.74, 6) is 0.285. The Morgan fingerprint density at radius 2 is 2.20 bits per heavy atom. The van der Waals surface area contributed by atoms with E-state index in [1.807, 2.05) is 5.38 Å². The van der Waals surface area contributed by atoms with Crippen LogP contribution in [0.2, 0.25) is 0 Å². The molecule has 20 heavy (non-hydrogen) atoms. The summed E-state index contributed by atoms with van der Waals surface area (Å²) < 4.78 is 4.93. The summed E-state index contributed by atoms with van der Waals surface area (Å²) in [7, 11) is 4.12. The molecule has 0 fully saturated rings. The highest BCUT2D eigenvalue weighted by atomic mass is 32.1. The van der Waals surface area contributed by atoms with Crippen LogP contribution < -0.4 is 5.32 Å².